The molecule has 6 heteroatoms. The number of aryl methyl sites for hydroxylation is 1. The van der Waals surface area contributed by atoms with Crippen LogP contribution >= 0.6 is 0 Å². The van der Waals surface area contributed by atoms with Crippen molar-refractivity contribution in [1.82, 2.24) is 9.88 Å². The lowest BCUT2D eigenvalue weighted by Gasteiger charge is -2.35. The number of hydrogen-bond acceptors (Lipinski definition) is 4. The maximum absolute atomic E-state index is 13.5. The lowest BCUT2D eigenvalue weighted by Crippen LogP contribution is -2.41. The van der Waals surface area contributed by atoms with Crippen LogP contribution in [-0.4, -0.2) is 53.2 Å². The van der Waals surface area contributed by atoms with E-state index in [-0.39, 0.29) is 18.9 Å². The van der Waals surface area contributed by atoms with Crippen LogP contribution in [0.1, 0.15) is 36.8 Å². The van der Waals surface area contributed by atoms with E-state index in [1.807, 2.05) is 6.07 Å². The minimum Gasteiger partial charge on any atom is -0.391 e. The van der Waals surface area contributed by atoms with Crippen molar-refractivity contribution in [2.45, 2.75) is 51.2 Å². The number of rotatable bonds is 3. The molecule has 3 heterocycles. The van der Waals surface area contributed by atoms with Crippen LogP contribution in [0.5, 0.6) is 0 Å². The summed E-state index contributed by atoms with van der Waals surface area (Å²) in [7, 11) is 0. The molecule has 2 fully saturated rings. The van der Waals surface area contributed by atoms with Gasteiger partial charge in [0.15, 0.2) is 0 Å². The molecule has 27 heavy (non-hydrogen) atoms. The molecule has 1 N–H and O–H groups in total. The average Bonchev–Trinajstić information content (AvgIpc) is 2.63. The van der Waals surface area contributed by atoms with Crippen LogP contribution in [0.3, 0.4) is 0 Å². The second kappa shape index (κ2) is 7.32. The third-order valence-corrected chi connectivity index (χ3v) is 5.70. The number of pyridine rings is 1. The zero-order valence-corrected chi connectivity index (χ0v) is 15.8. The minimum atomic E-state index is -2.53. The Morgan fingerprint density at radius 1 is 1.19 bits per heavy atom. The van der Waals surface area contributed by atoms with Gasteiger partial charge in [-0.15, -0.1) is 0 Å². The monoisotopic (exact) mass is 375 g/mol. The van der Waals surface area contributed by atoms with Gasteiger partial charge in [-0.2, -0.15) is 0 Å². The number of anilines is 1. The molecule has 1 aromatic heterocycles. The molecule has 0 amide bonds. The zero-order valence-electron chi connectivity index (χ0n) is 15.8. The van der Waals surface area contributed by atoms with Crippen molar-refractivity contribution < 1.29 is 13.9 Å². The Balaban J connectivity index is 1.66. The fourth-order valence-corrected chi connectivity index (χ4v) is 4.15. The van der Waals surface area contributed by atoms with Crippen LogP contribution in [0.25, 0.3) is 10.9 Å². The molecule has 2 aliphatic rings. The Bertz CT molecular complexity index is 816. The Kier molecular flexibility index (Phi) is 5.03. The number of nitrogens with zero attached hydrogens (tertiary/aromatic N) is 3. The van der Waals surface area contributed by atoms with Crippen LogP contribution in [0.2, 0.25) is 0 Å². The fourth-order valence-electron chi connectivity index (χ4n) is 4.15. The molecule has 4 rings (SSSR count). The van der Waals surface area contributed by atoms with Crippen molar-refractivity contribution in [2.75, 3.05) is 31.1 Å². The van der Waals surface area contributed by atoms with E-state index in [2.05, 4.69) is 34.9 Å². The number of aliphatic hydroxyl groups excluding tert-OH is 1. The highest BCUT2D eigenvalue weighted by atomic mass is 19.3. The summed E-state index contributed by atoms with van der Waals surface area (Å²) < 4.78 is 27.0. The topological polar surface area (TPSA) is 39.6 Å². The van der Waals surface area contributed by atoms with E-state index in [1.165, 1.54) is 5.56 Å². The number of aromatic nitrogens is 1. The van der Waals surface area contributed by atoms with E-state index in [9.17, 15) is 13.9 Å². The van der Waals surface area contributed by atoms with Crippen LogP contribution in [0, 0.1) is 6.92 Å². The smallest absolute Gasteiger partial charge is 0.250 e. The van der Waals surface area contributed by atoms with Gasteiger partial charge in [0, 0.05) is 56.5 Å². The van der Waals surface area contributed by atoms with Gasteiger partial charge < -0.3 is 10.0 Å². The van der Waals surface area contributed by atoms with Gasteiger partial charge in [-0.3, -0.25) is 4.90 Å². The fraction of sp³-hybridized carbons (Fsp3) is 0.571. The standard InChI is InChI=1S/C21H27F2N3O/c1-15-4-5-19-16(11-15)12-17(13-25-9-6-21(22,23)7-10-25)20(24-19)26-8-2-3-18(27)14-26/h4-5,11-12,18,27H,2-3,6-10,13-14H2,1H3/t18-/m1/s1. The van der Waals surface area contributed by atoms with Gasteiger partial charge >= 0.3 is 0 Å². The molecular weight excluding hydrogens is 348 g/mol. The number of alkyl halides is 2. The maximum Gasteiger partial charge on any atom is 0.250 e. The largest absolute Gasteiger partial charge is 0.391 e. The summed E-state index contributed by atoms with van der Waals surface area (Å²) in [5.41, 5.74) is 3.17. The summed E-state index contributed by atoms with van der Waals surface area (Å²) in [6.07, 6.45) is 1.26. The summed E-state index contributed by atoms with van der Waals surface area (Å²) in [5.74, 6) is -1.64. The first kappa shape index (κ1) is 18.6. The van der Waals surface area contributed by atoms with Gasteiger partial charge in [-0.1, -0.05) is 11.6 Å². The first-order valence-corrected chi connectivity index (χ1v) is 9.83. The minimum absolute atomic E-state index is 0.0785. The molecule has 0 unspecified atom stereocenters. The molecule has 0 saturated carbocycles. The number of hydrogen-bond donors (Lipinski definition) is 1. The zero-order chi connectivity index (χ0) is 19.0. The predicted molar refractivity (Wildman–Crippen MR) is 103 cm³/mol. The first-order valence-electron chi connectivity index (χ1n) is 9.83. The average molecular weight is 375 g/mol. The number of aliphatic hydroxyl groups is 1. The van der Waals surface area contributed by atoms with E-state index in [1.54, 1.807) is 0 Å². The summed E-state index contributed by atoms with van der Waals surface area (Å²) in [6.45, 7) is 4.93. The van der Waals surface area contributed by atoms with Crippen molar-refractivity contribution in [3.8, 4) is 0 Å². The van der Waals surface area contributed by atoms with E-state index in [0.717, 1.165) is 41.7 Å². The Labute approximate surface area is 158 Å². The first-order chi connectivity index (χ1) is 12.9. The maximum atomic E-state index is 13.5. The summed E-state index contributed by atoms with van der Waals surface area (Å²) in [4.78, 5) is 9.16. The third-order valence-electron chi connectivity index (χ3n) is 5.70. The lowest BCUT2D eigenvalue weighted by atomic mass is 10.0. The number of halogens is 2. The van der Waals surface area contributed by atoms with E-state index >= 15 is 0 Å². The van der Waals surface area contributed by atoms with Gasteiger partial charge in [0.1, 0.15) is 5.82 Å². The molecule has 2 saturated heterocycles. The molecule has 146 valence electrons. The highest BCUT2D eigenvalue weighted by molar-refractivity contribution is 5.82. The molecular formula is C21H27F2N3O. The normalized spacial score (nSPS) is 23.7. The van der Waals surface area contributed by atoms with Crippen molar-refractivity contribution in [1.29, 1.82) is 0 Å². The van der Waals surface area contributed by atoms with Crippen molar-refractivity contribution >= 4 is 16.7 Å². The molecule has 0 radical (unpaired) electrons. The van der Waals surface area contributed by atoms with Gasteiger partial charge in [-0.05, 0) is 38.0 Å². The summed E-state index contributed by atoms with van der Waals surface area (Å²) in [5, 5.41) is 11.2. The van der Waals surface area contributed by atoms with Gasteiger partial charge in [0.05, 0.1) is 11.6 Å². The van der Waals surface area contributed by atoms with Crippen LogP contribution in [-0.2, 0) is 6.54 Å². The number of likely N-dealkylation sites (tertiary alicyclic amines) is 1. The second-order valence-electron chi connectivity index (χ2n) is 8.04. The number of benzene rings is 1. The molecule has 4 nitrogen and oxygen atoms in total. The second-order valence-corrected chi connectivity index (χ2v) is 8.04. The number of β-amino-alcohol motifs (C(OH)–C–C–N with tert-alkyl or cyclic N) is 1. The van der Waals surface area contributed by atoms with Crippen LogP contribution < -0.4 is 4.90 Å². The highest BCUT2D eigenvalue weighted by Gasteiger charge is 2.34. The molecule has 0 aliphatic carbocycles. The van der Waals surface area contributed by atoms with Crippen LogP contribution in [0.15, 0.2) is 24.3 Å². The SMILES string of the molecule is Cc1ccc2nc(N3CCC[C@@H](O)C3)c(CN3CCC(F)(F)CC3)cc2c1. The molecule has 2 aliphatic heterocycles. The van der Waals surface area contributed by atoms with Crippen molar-refractivity contribution in [2.24, 2.45) is 0 Å². The summed E-state index contributed by atoms with van der Waals surface area (Å²) >= 11 is 0. The quantitative estimate of drug-likeness (QED) is 0.887. The molecule has 2 aromatic rings. The molecule has 1 aromatic carbocycles. The van der Waals surface area contributed by atoms with Crippen LogP contribution in [0.4, 0.5) is 14.6 Å². The lowest BCUT2D eigenvalue weighted by molar-refractivity contribution is -0.0566. The third kappa shape index (κ3) is 4.22. The highest BCUT2D eigenvalue weighted by Crippen LogP contribution is 2.31. The molecule has 0 spiro atoms. The Morgan fingerprint density at radius 2 is 1.96 bits per heavy atom. The van der Waals surface area contributed by atoms with Gasteiger partial charge in [0.25, 0.3) is 5.92 Å². The predicted octanol–water partition coefficient (Wildman–Crippen LogP) is 3.74. The summed E-state index contributed by atoms with van der Waals surface area (Å²) in [6, 6.07) is 8.35. The molecule has 1 atom stereocenters. The number of piperidine rings is 2. The number of fused-ring (bicyclic) bond motifs is 1. The van der Waals surface area contributed by atoms with Crippen molar-refractivity contribution in [3.05, 3.63) is 35.4 Å². The Morgan fingerprint density at radius 3 is 2.70 bits per heavy atom. The van der Waals surface area contributed by atoms with Crippen molar-refractivity contribution in [3.63, 3.8) is 0 Å². The van der Waals surface area contributed by atoms with Gasteiger partial charge in [0.2, 0.25) is 0 Å². The van der Waals surface area contributed by atoms with E-state index in [4.69, 9.17) is 4.98 Å². The Hall–Kier alpha value is -1.79. The van der Waals surface area contributed by atoms with Gasteiger partial charge in [-0.25, -0.2) is 13.8 Å². The van der Waals surface area contributed by atoms with E-state index < -0.39 is 5.92 Å². The molecule has 0 bridgehead atoms. The van der Waals surface area contributed by atoms with E-state index in [0.29, 0.717) is 26.2 Å².